The molecule has 0 heterocycles. The molecule has 0 N–H and O–H groups in total. The zero-order valence-electron chi connectivity index (χ0n) is 37.7. The Labute approximate surface area is 361 Å². The van der Waals surface area contributed by atoms with Gasteiger partial charge < -0.3 is 14.2 Å². The van der Waals surface area contributed by atoms with Crippen LogP contribution in [0.15, 0.2) is 109 Å². The van der Waals surface area contributed by atoms with Crippen molar-refractivity contribution in [3.63, 3.8) is 0 Å². The lowest BCUT2D eigenvalue weighted by molar-refractivity contribution is -0.167. The molecule has 0 saturated carbocycles. The predicted octanol–water partition coefficient (Wildman–Crippen LogP) is 15.2. The van der Waals surface area contributed by atoms with Crippen molar-refractivity contribution in [3.05, 3.63) is 109 Å². The molecule has 0 fully saturated rings. The molecule has 0 spiro atoms. The Morgan fingerprint density at radius 1 is 0.356 bits per heavy atom. The van der Waals surface area contributed by atoms with E-state index in [1.54, 1.807) is 0 Å². The van der Waals surface area contributed by atoms with Gasteiger partial charge in [0.1, 0.15) is 13.2 Å². The largest absolute Gasteiger partial charge is 0.462 e. The van der Waals surface area contributed by atoms with Crippen molar-refractivity contribution >= 4 is 17.9 Å². The molecule has 0 aromatic rings. The van der Waals surface area contributed by atoms with Gasteiger partial charge >= 0.3 is 17.9 Å². The van der Waals surface area contributed by atoms with E-state index in [0.717, 1.165) is 77.0 Å². The Balaban J connectivity index is 4.55. The van der Waals surface area contributed by atoms with Crippen molar-refractivity contribution in [3.8, 4) is 0 Å². The second kappa shape index (κ2) is 46.8. The van der Waals surface area contributed by atoms with E-state index >= 15 is 0 Å². The van der Waals surface area contributed by atoms with Crippen molar-refractivity contribution in [1.29, 1.82) is 0 Å². The van der Waals surface area contributed by atoms with E-state index in [0.29, 0.717) is 19.3 Å². The van der Waals surface area contributed by atoms with Crippen LogP contribution in [0.2, 0.25) is 0 Å². The molecule has 0 aliphatic rings. The summed E-state index contributed by atoms with van der Waals surface area (Å²) in [6.45, 7) is 6.24. The standard InChI is InChI=1S/C53H84O6/c1-4-7-10-13-16-19-22-25-26-29-31-34-37-40-43-46-52(55)58-49-50(59-53(56)47-44-41-38-35-32-28-24-21-18-15-12-9-6-3)48-57-51(54)45-42-39-36-33-30-27-23-20-17-14-11-8-5-2/h7,9-10,12-13,15-16,18-19,21-22,24,27-28,30,32,35,38,50H,4-6,8,11,14,17,20,23,25-26,29,31,33-34,36-37,39-49H2,1-3H3/b10-7+,12-9+,16-13+,18-15+,22-19+,24-21+,30-27+,32-28+,38-35+. The van der Waals surface area contributed by atoms with Gasteiger partial charge in [-0.05, 0) is 77.0 Å². The third kappa shape index (κ3) is 45.0. The van der Waals surface area contributed by atoms with Gasteiger partial charge in [0.2, 0.25) is 0 Å². The fourth-order valence-electron chi connectivity index (χ4n) is 5.94. The van der Waals surface area contributed by atoms with Crippen molar-refractivity contribution < 1.29 is 28.6 Å². The lowest BCUT2D eigenvalue weighted by Crippen LogP contribution is -2.30. The van der Waals surface area contributed by atoms with E-state index in [2.05, 4.69) is 75.5 Å². The Bertz CT molecular complexity index is 1260. The van der Waals surface area contributed by atoms with Crippen LogP contribution in [0.1, 0.15) is 188 Å². The monoisotopic (exact) mass is 817 g/mol. The lowest BCUT2D eigenvalue weighted by Gasteiger charge is -2.18. The molecule has 1 unspecified atom stereocenters. The SMILES string of the molecule is CC/C=C/C=C/C=C/C=C/C=C/CCCC(=O)OC(COC(=O)CCCCC/C=C/CCCCCCCC)COC(=O)CCCCCCCCC/C=C/C=C/C=C/CC. The van der Waals surface area contributed by atoms with Crippen LogP contribution < -0.4 is 0 Å². The van der Waals surface area contributed by atoms with Gasteiger partial charge in [0.25, 0.3) is 0 Å². The van der Waals surface area contributed by atoms with Crippen LogP contribution in [-0.2, 0) is 28.6 Å². The summed E-state index contributed by atoms with van der Waals surface area (Å²) in [5, 5.41) is 0. The highest BCUT2D eigenvalue weighted by Gasteiger charge is 2.19. The first-order chi connectivity index (χ1) is 29.0. The Morgan fingerprint density at radius 2 is 0.695 bits per heavy atom. The molecule has 59 heavy (non-hydrogen) atoms. The maximum atomic E-state index is 12.7. The summed E-state index contributed by atoms with van der Waals surface area (Å²) < 4.78 is 16.6. The minimum absolute atomic E-state index is 0.120. The van der Waals surface area contributed by atoms with Crippen LogP contribution in [0.3, 0.4) is 0 Å². The van der Waals surface area contributed by atoms with Gasteiger partial charge in [-0.15, -0.1) is 0 Å². The van der Waals surface area contributed by atoms with Gasteiger partial charge in [0, 0.05) is 19.3 Å². The Morgan fingerprint density at radius 3 is 1.15 bits per heavy atom. The smallest absolute Gasteiger partial charge is 0.306 e. The van der Waals surface area contributed by atoms with Crippen molar-refractivity contribution in [2.24, 2.45) is 0 Å². The van der Waals surface area contributed by atoms with Crippen LogP contribution in [0.5, 0.6) is 0 Å². The number of allylic oxidation sites excluding steroid dienone is 18. The maximum absolute atomic E-state index is 12.7. The van der Waals surface area contributed by atoms with E-state index < -0.39 is 12.1 Å². The maximum Gasteiger partial charge on any atom is 0.306 e. The van der Waals surface area contributed by atoms with Crippen molar-refractivity contribution in [2.45, 2.75) is 194 Å². The minimum Gasteiger partial charge on any atom is -0.462 e. The molecular weight excluding hydrogens is 733 g/mol. The van der Waals surface area contributed by atoms with Gasteiger partial charge in [-0.1, -0.05) is 201 Å². The molecule has 0 aromatic heterocycles. The first-order valence-corrected chi connectivity index (χ1v) is 23.5. The molecule has 332 valence electrons. The number of esters is 3. The van der Waals surface area contributed by atoms with Gasteiger partial charge in [-0.2, -0.15) is 0 Å². The first-order valence-electron chi connectivity index (χ1n) is 23.5. The molecule has 6 nitrogen and oxygen atoms in total. The zero-order valence-corrected chi connectivity index (χ0v) is 37.7. The van der Waals surface area contributed by atoms with Gasteiger partial charge in [-0.25, -0.2) is 0 Å². The zero-order chi connectivity index (χ0) is 43.0. The number of hydrogen-bond acceptors (Lipinski definition) is 6. The quantitative estimate of drug-likeness (QED) is 0.0201. The fraction of sp³-hybridized carbons (Fsp3) is 0.604. The van der Waals surface area contributed by atoms with E-state index in [1.165, 1.54) is 64.2 Å². The highest BCUT2D eigenvalue weighted by Crippen LogP contribution is 2.12. The van der Waals surface area contributed by atoms with Crippen LogP contribution in [0.25, 0.3) is 0 Å². The van der Waals surface area contributed by atoms with Crippen LogP contribution >= 0.6 is 0 Å². The van der Waals surface area contributed by atoms with E-state index in [4.69, 9.17) is 14.2 Å². The highest BCUT2D eigenvalue weighted by atomic mass is 16.6. The molecule has 0 bridgehead atoms. The summed E-state index contributed by atoms with van der Waals surface area (Å²) in [6, 6.07) is 0. The predicted molar refractivity (Wildman–Crippen MR) is 251 cm³/mol. The van der Waals surface area contributed by atoms with Crippen LogP contribution in [-0.4, -0.2) is 37.2 Å². The van der Waals surface area contributed by atoms with E-state index in [1.807, 2.05) is 54.7 Å². The molecule has 0 amide bonds. The third-order valence-corrected chi connectivity index (χ3v) is 9.43. The number of unbranched alkanes of at least 4 members (excludes halogenated alkanes) is 17. The Kier molecular flexibility index (Phi) is 43.6. The Hall–Kier alpha value is -3.93. The topological polar surface area (TPSA) is 78.9 Å². The molecule has 0 radical (unpaired) electrons. The average Bonchev–Trinajstić information content (AvgIpc) is 3.23. The number of ether oxygens (including phenoxy) is 3. The molecule has 0 aliphatic carbocycles. The number of rotatable bonds is 40. The number of carbonyl (C=O) groups is 3. The minimum atomic E-state index is -0.826. The van der Waals surface area contributed by atoms with Gasteiger partial charge in [-0.3, -0.25) is 14.4 Å². The second-order valence-corrected chi connectivity index (χ2v) is 15.1. The summed E-state index contributed by atoms with van der Waals surface area (Å²) in [5.74, 6) is -1.03. The summed E-state index contributed by atoms with van der Waals surface area (Å²) in [5.41, 5.74) is 0. The van der Waals surface area contributed by atoms with E-state index in [-0.39, 0.29) is 31.6 Å². The first kappa shape index (κ1) is 55.1. The summed E-state index contributed by atoms with van der Waals surface area (Å²) >= 11 is 0. The van der Waals surface area contributed by atoms with E-state index in [9.17, 15) is 14.4 Å². The summed E-state index contributed by atoms with van der Waals surface area (Å²) in [7, 11) is 0. The second-order valence-electron chi connectivity index (χ2n) is 15.1. The number of hydrogen-bond donors (Lipinski definition) is 0. The van der Waals surface area contributed by atoms with Crippen molar-refractivity contribution in [2.75, 3.05) is 13.2 Å². The summed E-state index contributed by atoms with van der Waals surface area (Å²) in [4.78, 5) is 37.8. The van der Waals surface area contributed by atoms with Gasteiger partial charge in [0.05, 0.1) is 0 Å². The lowest BCUT2D eigenvalue weighted by atomic mass is 10.1. The number of carbonyl (C=O) groups excluding carboxylic acids is 3. The van der Waals surface area contributed by atoms with Crippen LogP contribution in [0, 0.1) is 0 Å². The highest BCUT2D eigenvalue weighted by molar-refractivity contribution is 5.71. The average molecular weight is 817 g/mol. The normalized spacial score (nSPS) is 13.1. The summed E-state index contributed by atoms with van der Waals surface area (Å²) in [6.07, 6.45) is 62.2. The van der Waals surface area contributed by atoms with Crippen LogP contribution in [0.4, 0.5) is 0 Å². The molecular formula is C53H84O6. The molecule has 0 aliphatic heterocycles. The molecule has 1 atom stereocenters. The fourth-order valence-corrected chi connectivity index (χ4v) is 5.94. The molecule has 0 saturated heterocycles. The molecule has 0 aromatic carbocycles. The third-order valence-electron chi connectivity index (χ3n) is 9.43. The molecule has 6 heteroatoms. The van der Waals surface area contributed by atoms with Gasteiger partial charge in [0.15, 0.2) is 6.10 Å². The van der Waals surface area contributed by atoms with Crippen molar-refractivity contribution in [1.82, 2.24) is 0 Å². The molecule has 0 rings (SSSR count).